The molecule has 0 saturated heterocycles. The van der Waals surface area contributed by atoms with Gasteiger partial charge in [0.05, 0.1) is 0 Å². The molecule has 19 heavy (non-hydrogen) atoms. The lowest BCUT2D eigenvalue weighted by Gasteiger charge is -2.24. The normalized spacial score (nSPS) is 10.7. The maximum Gasteiger partial charge on any atom is 0.328 e. The fourth-order valence-electron chi connectivity index (χ4n) is 1.92. The van der Waals surface area contributed by atoms with Crippen molar-refractivity contribution in [3.63, 3.8) is 0 Å². The molecule has 3 nitrogen and oxygen atoms in total. The van der Waals surface area contributed by atoms with Gasteiger partial charge in [0.15, 0.2) is 0 Å². The van der Waals surface area contributed by atoms with Gasteiger partial charge in [0, 0.05) is 24.9 Å². The molecule has 0 unspecified atom stereocenters. The van der Waals surface area contributed by atoms with Crippen molar-refractivity contribution in [3.05, 3.63) is 47.6 Å². The summed E-state index contributed by atoms with van der Waals surface area (Å²) in [6, 6.07) is 6.04. The van der Waals surface area contributed by atoms with Gasteiger partial charge in [0.2, 0.25) is 0 Å². The number of aliphatic carboxylic acids is 1. The van der Waals surface area contributed by atoms with Crippen molar-refractivity contribution in [2.24, 2.45) is 0 Å². The van der Waals surface area contributed by atoms with Crippen LogP contribution in [0.3, 0.4) is 0 Å². The molecule has 0 fully saturated rings. The second-order valence-corrected chi connectivity index (χ2v) is 4.68. The van der Waals surface area contributed by atoms with Gasteiger partial charge in [0.1, 0.15) is 0 Å². The van der Waals surface area contributed by atoms with Crippen molar-refractivity contribution in [3.8, 4) is 0 Å². The highest BCUT2D eigenvalue weighted by molar-refractivity contribution is 5.85. The second kappa shape index (κ2) is 6.78. The summed E-state index contributed by atoms with van der Waals surface area (Å²) in [5.74, 6) is -0.930. The number of carbonyl (C=O) groups is 1. The third kappa shape index (κ3) is 4.62. The molecule has 1 aromatic carbocycles. The Kier molecular flexibility index (Phi) is 5.37. The van der Waals surface area contributed by atoms with Crippen LogP contribution >= 0.6 is 0 Å². The van der Waals surface area contributed by atoms with Crippen LogP contribution in [0.25, 0.3) is 6.08 Å². The SMILES string of the molecule is C=C(C)CN(CC)c1ccc(C=CC(=O)O)c(C)c1. The number of hydrogen-bond acceptors (Lipinski definition) is 2. The molecule has 0 bridgehead atoms. The molecule has 0 aliphatic heterocycles. The first-order valence-corrected chi connectivity index (χ1v) is 6.35. The Labute approximate surface area is 114 Å². The molecule has 0 radical (unpaired) electrons. The topological polar surface area (TPSA) is 40.5 Å². The standard InChI is InChI=1S/C16H21NO2/c1-5-17(11-12(2)3)15-8-6-14(13(4)10-15)7-9-16(18)19/h6-10H,2,5,11H2,1,3-4H3,(H,18,19). The van der Waals surface area contributed by atoms with Gasteiger partial charge in [-0.25, -0.2) is 4.79 Å². The van der Waals surface area contributed by atoms with Crippen molar-refractivity contribution in [1.82, 2.24) is 0 Å². The van der Waals surface area contributed by atoms with E-state index in [0.29, 0.717) is 0 Å². The van der Waals surface area contributed by atoms with Crippen molar-refractivity contribution in [2.45, 2.75) is 20.8 Å². The summed E-state index contributed by atoms with van der Waals surface area (Å²) in [7, 11) is 0. The van der Waals surface area contributed by atoms with Gasteiger partial charge < -0.3 is 10.0 Å². The zero-order chi connectivity index (χ0) is 14.4. The van der Waals surface area contributed by atoms with Crippen LogP contribution in [-0.2, 0) is 4.79 Å². The van der Waals surface area contributed by atoms with Gasteiger partial charge in [-0.3, -0.25) is 0 Å². The minimum Gasteiger partial charge on any atom is -0.478 e. The molecule has 0 aromatic heterocycles. The maximum absolute atomic E-state index is 10.5. The van der Waals surface area contributed by atoms with Crippen LogP contribution < -0.4 is 4.90 Å². The molecular formula is C16H21NO2. The van der Waals surface area contributed by atoms with Gasteiger partial charge >= 0.3 is 5.97 Å². The molecule has 0 heterocycles. The number of carboxylic acid groups (broad SMARTS) is 1. The maximum atomic E-state index is 10.5. The van der Waals surface area contributed by atoms with Crippen molar-refractivity contribution in [2.75, 3.05) is 18.0 Å². The number of nitrogens with zero attached hydrogens (tertiary/aromatic N) is 1. The third-order valence-electron chi connectivity index (χ3n) is 2.87. The van der Waals surface area contributed by atoms with Gasteiger partial charge in [-0.05, 0) is 50.1 Å². The zero-order valence-electron chi connectivity index (χ0n) is 11.8. The van der Waals surface area contributed by atoms with Crippen molar-refractivity contribution < 1.29 is 9.90 Å². The van der Waals surface area contributed by atoms with Gasteiger partial charge in [-0.15, -0.1) is 0 Å². The molecule has 0 aliphatic rings. The van der Waals surface area contributed by atoms with Crippen LogP contribution in [0.5, 0.6) is 0 Å². The summed E-state index contributed by atoms with van der Waals surface area (Å²) < 4.78 is 0. The smallest absolute Gasteiger partial charge is 0.328 e. The molecule has 1 rings (SSSR count). The summed E-state index contributed by atoms with van der Waals surface area (Å²) >= 11 is 0. The second-order valence-electron chi connectivity index (χ2n) is 4.68. The summed E-state index contributed by atoms with van der Waals surface area (Å²) in [5.41, 5.74) is 4.25. The van der Waals surface area contributed by atoms with Gasteiger partial charge in [-0.1, -0.05) is 18.2 Å². The van der Waals surface area contributed by atoms with Gasteiger partial charge in [0.25, 0.3) is 0 Å². The van der Waals surface area contributed by atoms with Crippen LogP contribution in [0.15, 0.2) is 36.4 Å². The van der Waals surface area contributed by atoms with Crippen molar-refractivity contribution in [1.29, 1.82) is 0 Å². The molecule has 0 aliphatic carbocycles. The first kappa shape index (κ1) is 15.0. The Hall–Kier alpha value is -2.03. The highest BCUT2D eigenvalue weighted by Crippen LogP contribution is 2.20. The summed E-state index contributed by atoms with van der Waals surface area (Å²) in [6.07, 6.45) is 2.78. The van der Waals surface area contributed by atoms with E-state index in [1.54, 1.807) is 6.08 Å². The molecule has 0 saturated carbocycles. The lowest BCUT2D eigenvalue weighted by molar-refractivity contribution is -0.131. The van der Waals surface area contributed by atoms with E-state index in [2.05, 4.69) is 24.5 Å². The average Bonchev–Trinajstić information content (AvgIpc) is 2.34. The van der Waals surface area contributed by atoms with E-state index in [4.69, 9.17) is 5.11 Å². The number of carboxylic acids is 1. The number of rotatable bonds is 6. The monoisotopic (exact) mass is 259 g/mol. The molecule has 0 amide bonds. The molecule has 1 N–H and O–H groups in total. The molecule has 0 atom stereocenters. The molecule has 0 spiro atoms. The van der Waals surface area contributed by atoms with Crippen molar-refractivity contribution >= 4 is 17.7 Å². The number of anilines is 1. The molecule has 1 aromatic rings. The fourth-order valence-corrected chi connectivity index (χ4v) is 1.92. The first-order chi connectivity index (χ1) is 8.93. The highest BCUT2D eigenvalue weighted by Gasteiger charge is 2.06. The average molecular weight is 259 g/mol. The van der Waals surface area contributed by atoms with E-state index in [1.807, 2.05) is 26.0 Å². The Bertz CT molecular complexity index is 503. The molecular weight excluding hydrogens is 238 g/mol. The highest BCUT2D eigenvalue weighted by atomic mass is 16.4. The minimum absolute atomic E-state index is 0.834. The quantitative estimate of drug-likeness (QED) is 0.628. The number of hydrogen-bond donors (Lipinski definition) is 1. The Morgan fingerprint density at radius 1 is 1.47 bits per heavy atom. The zero-order valence-corrected chi connectivity index (χ0v) is 11.8. The lowest BCUT2D eigenvalue weighted by Crippen LogP contribution is -2.24. The predicted octanol–water partition coefficient (Wildman–Crippen LogP) is 3.50. The van der Waals surface area contributed by atoms with E-state index in [0.717, 1.165) is 41.6 Å². The molecule has 102 valence electrons. The third-order valence-corrected chi connectivity index (χ3v) is 2.87. The van der Waals surface area contributed by atoms with Crippen LogP contribution in [-0.4, -0.2) is 24.2 Å². The van der Waals surface area contributed by atoms with E-state index in [9.17, 15) is 4.79 Å². The van der Waals surface area contributed by atoms with Crippen LogP contribution in [0, 0.1) is 6.92 Å². The van der Waals surface area contributed by atoms with E-state index in [1.165, 1.54) is 0 Å². The predicted molar refractivity (Wildman–Crippen MR) is 80.5 cm³/mol. The Balaban J connectivity index is 2.97. The van der Waals surface area contributed by atoms with E-state index >= 15 is 0 Å². The fraction of sp³-hybridized carbons (Fsp3) is 0.312. The first-order valence-electron chi connectivity index (χ1n) is 6.35. The summed E-state index contributed by atoms with van der Waals surface area (Å²) in [4.78, 5) is 12.8. The number of aryl methyl sites for hydroxylation is 1. The Morgan fingerprint density at radius 2 is 2.16 bits per heavy atom. The Morgan fingerprint density at radius 3 is 2.63 bits per heavy atom. The van der Waals surface area contributed by atoms with Crippen LogP contribution in [0.4, 0.5) is 5.69 Å². The van der Waals surface area contributed by atoms with Gasteiger partial charge in [-0.2, -0.15) is 0 Å². The minimum atomic E-state index is -0.930. The van der Waals surface area contributed by atoms with E-state index in [-0.39, 0.29) is 0 Å². The number of likely N-dealkylation sites (N-methyl/N-ethyl adjacent to an activating group) is 1. The lowest BCUT2D eigenvalue weighted by atomic mass is 10.1. The summed E-state index contributed by atoms with van der Waals surface area (Å²) in [5, 5.41) is 8.64. The largest absolute Gasteiger partial charge is 0.478 e. The van der Waals surface area contributed by atoms with Crippen LogP contribution in [0.1, 0.15) is 25.0 Å². The van der Waals surface area contributed by atoms with E-state index < -0.39 is 5.97 Å². The number of benzene rings is 1. The van der Waals surface area contributed by atoms with Crippen LogP contribution in [0.2, 0.25) is 0 Å². The molecule has 3 heteroatoms. The summed E-state index contributed by atoms with van der Waals surface area (Å²) in [6.45, 7) is 11.8.